The monoisotopic (exact) mass is 328 g/mol. The molecule has 1 amide bonds. The molecule has 0 aliphatic heterocycles. The van der Waals surface area contributed by atoms with E-state index in [4.69, 9.17) is 9.47 Å². The Kier molecular flexibility index (Phi) is 11.0. The first kappa shape index (κ1) is 20.3. The van der Waals surface area contributed by atoms with Gasteiger partial charge in [0.1, 0.15) is 0 Å². The van der Waals surface area contributed by atoms with Crippen molar-refractivity contribution in [3.05, 3.63) is 29.8 Å². The highest BCUT2D eigenvalue weighted by molar-refractivity contribution is 5.85. The number of benzene rings is 1. The van der Waals surface area contributed by atoms with Crippen LogP contribution in [0.3, 0.4) is 0 Å². The number of rotatable bonds is 9. The summed E-state index contributed by atoms with van der Waals surface area (Å²) < 4.78 is 10.8. The molecule has 0 aliphatic rings. The molecule has 2 N–H and O–H groups in total. The summed E-state index contributed by atoms with van der Waals surface area (Å²) in [6, 6.07) is 5.60. The summed E-state index contributed by atoms with van der Waals surface area (Å²) in [5.41, 5.74) is 1.02. The Morgan fingerprint density at radius 3 is 2.68 bits per heavy atom. The number of halogens is 1. The van der Waals surface area contributed by atoms with Crippen LogP contribution >= 0.6 is 12.4 Å². The second-order valence-corrected chi connectivity index (χ2v) is 4.40. The lowest BCUT2D eigenvalue weighted by Gasteiger charge is -2.11. The first-order chi connectivity index (χ1) is 10.2. The van der Waals surface area contributed by atoms with Crippen molar-refractivity contribution in [1.29, 1.82) is 0 Å². The van der Waals surface area contributed by atoms with Crippen LogP contribution in [0.25, 0.3) is 6.08 Å². The van der Waals surface area contributed by atoms with Crippen molar-refractivity contribution in [2.45, 2.75) is 13.8 Å². The van der Waals surface area contributed by atoms with E-state index in [1.165, 1.54) is 0 Å². The number of hydrogen-bond donors (Lipinski definition) is 2. The molecule has 0 radical (unpaired) electrons. The Balaban J connectivity index is 0.00000441. The lowest BCUT2D eigenvalue weighted by atomic mass is 10.2. The number of ether oxygens (including phenoxy) is 2. The van der Waals surface area contributed by atoms with E-state index in [0.717, 1.165) is 18.7 Å². The average molecular weight is 329 g/mol. The van der Waals surface area contributed by atoms with Gasteiger partial charge in [-0.25, -0.2) is 0 Å². The number of nitrogens with one attached hydrogen (secondary N) is 2. The van der Waals surface area contributed by atoms with Crippen molar-refractivity contribution >= 4 is 24.4 Å². The molecule has 124 valence electrons. The summed E-state index contributed by atoms with van der Waals surface area (Å²) in [6.45, 7) is 6.19. The van der Waals surface area contributed by atoms with Gasteiger partial charge in [0.15, 0.2) is 18.1 Å². The molecule has 0 aromatic heterocycles. The number of amides is 1. The molecule has 0 fully saturated rings. The number of methoxy groups -OCH3 is 1. The number of carbonyl (C=O) groups is 1. The average Bonchev–Trinajstić information content (AvgIpc) is 2.50. The van der Waals surface area contributed by atoms with Gasteiger partial charge in [0.25, 0.3) is 5.91 Å². The Morgan fingerprint density at radius 2 is 2.05 bits per heavy atom. The zero-order chi connectivity index (χ0) is 15.5. The minimum Gasteiger partial charge on any atom is -0.493 e. The summed E-state index contributed by atoms with van der Waals surface area (Å²) in [4.78, 5) is 11.6. The van der Waals surface area contributed by atoms with Crippen molar-refractivity contribution < 1.29 is 14.3 Å². The van der Waals surface area contributed by atoms with Crippen LogP contribution in [0, 0.1) is 0 Å². The van der Waals surface area contributed by atoms with Crippen molar-refractivity contribution in [1.82, 2.24) is 10.6 Å². The first-order valence-corrected chi connectivity index (χ1v) is 7.12. The minimum atomic E-state index is -0.146. The van der Waals surface area contributed by atoms with Crippen LogP contribution in [-0.2, 0) is 4.79 Å². The molecule has 0 aliphatic carbocycles. The van der Waals surface area contributed by atoms with Crippen molar-refractivity contribution in [2.24, 2.45) is 0 Å². The fourth-order valence-electron chi connectivity index (χ4n) is 1.76. The molecule has 1 aromatic carbocycles. The summed E-state index contributed by atoms with van der Waals surface area (Å²) >= 11 is 0. The Labute approximate surface area is 138 Å². The third kappa shape index (κ3) is 7.33. The highest BCUT2D eigenvalue weighted by atomic mass is 35.5. The molecule has 1 rings (SSSR count). The normalized spacial score (nSPS) is 10.1. The molecule has 5 nitrogen and oxygen atoms in total. The molecule has 22 heavy (non-hydrogen) atoms. The fourth-order valence-corrected chi connectivity index (χ4v) is 1.76. The third-order valence-electron chi connectivity index (χ3n) is 2.78. The van der Waals surface area contributed by atoms with Crippen molar-refractivity contribution in [3.63, 3.8) is 0 Å². The zero-order valence-corrected chi connectivity index (χ0v) is 14.2. The summed E-state index contributed by atoms with van der Waals surface area (Å²) in [7, 11) is 1.58. The molecule has 0 unspecified atom stereocenters. The topological polar surface area (TPSA) is 59.6 Å². The summed E-state index contributed by atoms with van der Waals surface area (Å²) in [5, 5.41) is 5.91. The number of allylic oxidation sites excluding steroid dienone is 1. The van der Waals surface area contributed by atoms with Gasteiger partial charge in [-0.1, -0.05) is 25.1 Å². The molecule has 0 bridgehead atoms. The van der Waals surface area contributed by atoms with Gasteiger partial charge in [0, 0.05) is 13.1 Å². The van der Waals surface area contributed by atoms with Crippen LogP contribution in [0.4, 0.5) is 0 Å². The van der Waals surface area contributed by atoms with E-state index < -0.39 is 0 Å². The van der Waals surface area contributed by atoms with Gasteiger partial charge in [0.05, 0.1) is 7.11 Å². The molecule has 0 atom stereocenters. The molecular weight excluding hydrogens is 304 g/mol. The van der Waals surface area contributed by atoms with Crippen LogP contribution in [0.5, 0.6) is 11.5 Å². The van der Waals surface area contributed by atoms with E-state index in [1.54, 1.807) is 13.2 Å². The zero-order valence-electron chi connectivity index (χ0n) is 13.3. The van der Waals surface area contributed by atoms with Crippen molar-refractivity contribution in [2.75, 3.05) is 33.4 Å². The van der Waals surface area contributed by atoms with Crippen LogP contribution in [0.15, 0.2) is 24.3 Å². The van der Waals surface area contributed by atoms with E-state index in [-0.39, 0.29) is 24.9 Å². The second kappa shape index (κ2) is 11.9. The quantitative estimate of drug-likeness (QED) is 0.683. The largest absolute Gasteiger partial charge is 0.493 e. The van der Waals surface area contributed by atoms with Crippen LogP contribution in [-0.4, -0.2) is 39.3 Å². The van der Waals surface area contributed by atoms with E-state index in [0.29, 0.717) is 18.0 Å². The SMILES string of the molecule is C/C=C/c1ccc(OCC(=O)NCCNCC)c(OC)c1.Cl. The minimum absolute atomic E-state index is 0. The lowest BCUT2D eigenvalue weighted by Crippen LogP contribution is -2.34. The van der Waals surface area contributed by atoms with Gasteiger partial charge >= 0.3 is 0 Å². The molecule has 0 spiro atoms. The Bertz CT molecular complexity index is 478. The van der Waals surface area contributed by atoms with E-state index in [2.05, 4.69) is 10.6 Å². The van der Waals surface area contributed by atoms with E-state index >= 15 is 0 Å². The maximum atomic E-state index is 11.6. The molecule has 0 saturated carbocycles. The maximum absolute atomic E-state index is 11.6. The lowest BCUT2D eigenvalue weighted by molar-refractivity contribution is -0.123. The Morgan fingerprint density at radius 1 is 1.27 bits per heavy atom. The van der Waals surface area contributed by atoms with Crippen molar-refractivity contribution in [3.8, 4) is 11.5 Å². The van der Waals surface area contributed by atoms with Gasteiger partial charge < -0.3 is 20.1 Å². The molecule has 0 heterocycles. The van der Waals surface area contributed by atoms with Gasteiger partial charge in [-0.05, 0) is 31.2 Å². The van der Waals surface area contributed by atoms with Gasteiger partial charge in [-0.2, -0.15) is 0 Å². The maximum Gasteiger partial charge on any atom is 0.257 e. The smallest absolute Gasteiger partial charge is 0.257 e. The van der Waals surface area contributed by atoms with Gasteiger partial charge in [-0.3, -0.25) is 4.79 Å². The highest BCUT2D eigenvalue weighted by Gasteiger charge is 2.07. The molecule has 6 heteroatoms. The predicted molar refractivity (Wildman–Crippen MR) is 92.0 cm³/mol. The molecule has 1 aromatic rings. The number of carbonyl (C=O) groups excluding carboxylic acids is 1. The first-order valence-electron chi connectivity index (χ1n) is 7.12. The Hall–Kier alpha value is -1.72. The van der Waals surface area contributed by atoms with Crippen LogP contribution in [0.1, 0.15) is 19.4 Å². The van der Waals surface area contributed by atoms with Crippen LogP contribution < -0.4 is 20.1 Å². The number of hydrogen-bond acceptors (Lipinski definition) is 4. The third-order valence-corrected chi connectivity index (χ3v) is 2.78. The standard InChI is InChI=1S/C16H24N2O3.ClH/c1-4-6-13-7-8-14(15(11-13)20-3)21-12-16(19)18-10-9-17-5-2;/h4,6-8,11,17H,5,9-10,12H2,1-3H3,(H,18,19);1H/b6-4+;. The summed E-state index contributed by atoms with van der Waals surface area (Å²) in [5.74, 6) is 1.03. The fraction of sp³-hybridized carbons (Fsp3) is 0.438. The van der Waals surface area contributed by atoms with E-state index in [9.17, 15) is 4.79 Å². The van der Waals surface area contributed by atoms with Gasteiger partial charge in [0.2, 0.25) is 0 Å². The highest BCUT2D eigenvalue weighted by Crippen LogP contribution is 2.28. The molecule has 0 saturated heterocycles. The molecular formula is C16H25ClN2O3. The van der Waals surface area contributed by atoms with E-state index in [1.807, 2.05) is 38.1 Å². The van der Waals surface area contributed by atoms with Crippen LogP contribution in [0.2, 0.25) is 0 Å². The predicted octanol–water partition coefficient (Wildman–Crippen LogP) is 2.25. The summed E-state index contributed by atoms with van der Waals surface area (Å²) in [6.07, 6.45) is 3.92. The second-order valence-electron chi connectivity index (χ2n) is 4.40. The van der Waals surface area contributed by atoms with Gasteiger partial charge in [-0.15, -0.1) is 12.4 Å². The number of likely N-dealkylation sites (N-methyl/N-ethyl adjacent to an activating group) is 1.